The average Bonchev–Trinajstić information content (AvgIpc) is 2.78. The topological polar surface area (TPSA) is 56.3 Å². The highest BCUT2D eigenvalue weighted by atomic mass is 35.5. The molecule has 1 N–H and O–H groups in total. The molecule has 2 aromatic heterocycles. The zero-order valence-corrected chi connectivity index (χ0v) is 11.0. The Kier molecular flexibility index (Phi) is 4.11. The van der Waals surface area contributed by atoms with E-state index in [1.54, 1.807) is 14.2 Å². The van der Waals surface area contributed by atoms with Gasteiger partial charge < -0.3 is 14.8 Å². The molecule has 0 aromatic carbocycles. The molecule has 17 heavy (non-hydrogen) atoms. The van der Waals surface area contributed by atoms with Crippen LogP contribution in [0.15, 0.2) is 11.4 Å². The van der Waals surface area contributed by atoms with E-state index in [1.807, 2.05) is 11.4 Å². The van der Waals surface area contributed by atoms with E-state index in [-0.39, 0.29) is 11.6 Å². The summed E-state index contributed by atoms with van der Waals surface area (Å²) in [5, 5.41) is 6.27. The third kappa shape index (κ3) is 2.84. The molecule has 0 aliphatic heterocycles. The normalized spacial score (nSPS) is 11.3. The van der Waals surface area contributed by atoms with Crippen molar-refractivity contribution in [1.29, 1.82) is 0 Å². The summed E-state index contributed by atoms with van der Waals surface area (Å²) in [4.78, 5) is 9.15. The van der Waals surface area contributed by atoms with E-state index >= 15 is 0 Å². The van der Waals surface area contributed by atoms with Crippen molar-refractivity contribution in [2.45, 2.75) is 6.29 Å². The molecule has 5 nitrogen and oxygen atoms in total. The Morgan fingerprint density at radius 2 is 2.18 bits per heavy atom. The van der Waals surface area contributed by atoms with Gasteiger partial charge in [0.15, 0.2) is 6.29 Å². The lowest BCUT2D eigenvalue weighted by Gasteiger charge is -2.14. The molecule has 0 aliphatic rings. The smallest absolute Gasteiger partial charge is 0.225 e. The second kappa shape index (κ2) is 5.59. The number of ether oxygens (including phenoxy) is 2. The van der Waals surface area contributed by atoms with Gasteiger partial charge in [-0.1, -0.05) is 0 Å². The summed E-state index contributed by atoms with van der Waals surface area (Å²) in [7, 11) is 3.17. The van der Waals surface area contributed by atoms with Gasteiger partial charge in [0, 0.05) is 14.2 Å². The van der Waals surface area contributed by atoms with E-state index in [2.05, 4.69) is 15.3 Å². The molecule has 2 rings (SSSR count). The number of hydrogen-bond donors (Lipinski definition) is 1. The fourth-order valence-corrected chi connectivity index (χ4v) is 2.39. The molecule has 0 aliphatic carbocycles. The maximum absolute atomic E-state index is 5.85. The summed E-state index contributed by atoms with van der Waals surface area (Å²) in [6.45, 7) is 0.491. The Hall–Kier alpha value is -0.950. The Morgan fingerprint density at radius 1 is 1.41 bits per heavy atom. The Balaban J connectivity index is 2.20. The summed E-state index contributed by atoms with van der Waals surface area (Å²) in [5.74, 6) is 0.695. The Morgan fingerprint density at radius 3 is 2.88 bits per heavy atom. The van der Waals surface area contributed by atoms with E-state index in [9.17, 15) is 0 Å². The second-order valence-corrected chi connectivity index (χ2v) is 4.50. The van der Waals surface area contributed by atoms with Gasteiger partial charge in [-0.05, 0) is 23.0 Å². The monoisotopic (exact) mass is 273 g/mol. The first kappa shape index (κ1) is 12.5. The molecule has 0 atom stereocenters. The SMILES string of the molecule is COC(CNc1nc(Cl)nc2sccc12)OC. The lowest BCUT2D eigenvalue weighted by Crippen LogP contribution is -2.24. The fraction of sp³-hybridized carbons (Fsp3) is 0.400. The van der Waals surface area contributed by atoms with Crippen LogP contribution in [0.5, 0.6) is 0 Å². The number of halogens is 1. The maximum Gasteiger partial charge on any atom is 0.225 e. The van der Waals surface area contributed by atoms with E-state index in [0.29, 0.717) is 12.4 Å². The minimum Gasteiger partial charge on any atom is -0.364 e. The molecule has 7 heteroatoms. The molecular weight excluding hydrogens is 262 g/mol. The number of aromatic nitrogens is 2. The zero-order chi connectivity index (χ0) is 12.3. The van der Waals surface area contributed by atoms with Crippen molar-refractivity contribution in [2.24, 2.45) is 0 Å². The lowest BCUT2D eigenvalue weighted by atomic mass is 10.4. The van der Waals surface area contributed by atoms with Gasteiger partial charge in [-0.2, -0.15) is 0 Å². The van der Waals surface area contributed by atoms with Crippen LogP contribution in [-0.4, -0.2) is 37.0 Å². The van der Waals surface area contributed by atoms with Gasteiger partial charge >= 0.3 is 0 Å². The molecule has 0 radical (unpaired) electrons. The third-order valence-electron chi connectivity index (χ3n) is 2.26. The highest BCUT2D eigenvalue weighted by Gasteiger charge is 2.10. The van der Waals surface area contributed by atoms with E-state index < -0.39 is 0 Å². The van der Waals surface area contributed by atoms with Crippen LogP contribution in [0.25, 0.3) is 10.2 Å². The average molecular weight is 274 g/mol. The van der Waals surface area contributed by atoms with Crippen molar-refractivity contribution >= 4 is 39.0 Å². The predicted octanol–water partition coefficient (Wildman–Crippen LogP) is 2.38. The van der Waals surface area contributed by atoms with Crippen LogP contribution in [0.3, 0.4) is 0 Å². The molecule has 2 aromatic rings. The van der Waals surface area contributed by atoms with Crippen LogP contribution in [-0.2, 0) is 9.47 Å². The van der Waals surface area contributed by atoms with Crippen molar-refractivity contribution in [3.63, 3.8) is 0 Å². The number of anilines is 1. The van der Waals surface area contributed by atoms with E-state index in [0.717, 1.165) is 10.2 Å². The number of nitrogens with one attached hydrogen (secondary N) is 1. The third-order valence-corrected chi connectivity index (χ3v) is 3.24. The van der Waals surface area contributed by atoms with E-state index in [4.69, 9.17) is 21.1 Å². The van der Waals surface area contributed by atoms with Crippen molar-refractivity contribution in [3.05, 3.63) is 16.7 Å². The molecule has 0 bridgehead atoms. The van der Waals surface area contributed by atoms with Gasteiger partial charge in [0.2, 0.25) is 5.28 Å². The summed E-state index contributed by atoms with van der Waals surface area (Å²) in [6.07, 6.45) is -0.322. The highest BCUT2D eigenvalue weighted by molar-refractivity contribution is 7.16. The molecule has 0 unspecified atom stereocenters. The molecule has 0 fully saturated rings. The van der Waals surface area contributed by atoms with Crippen molar-refractivity contribution in [1.82, 2.24) is 9.97 Å². The van der Waals surface area contributed by atoms with Crippen LogP contribution in [0.2, 0.25) is 5.28 Å². The molecule has 0 saturated carbocycles. The number of fused-ring (bicyclic) bond motifs is 1. The van der Waals surface area contributed by atoms with Gasteiger partial charge in [-0.25, -0.2) is 9.97 Å². The molecule has 92 valence electrons. The fourth-order valence-electron chi connectivity index (χ4n) is 1.41. The number of hydrogen-bond acceptors (Lipinski definition) is 6. The minimum atomic E-state index is -0.322. The van der Waals surface area contributed by atoms with Gasteiger partial charge in [0.1, 0.15) is 10.6 Å². The summed E-state index contributed by atoms with van der Waals surface area (Å²) in [5.41, 5.74) is 0. The van der Waals surface area contributed by atoms with Crippen LogP contribution in [0.1, 0.15) is 0 Å². The van der Waals surface area contributed by atoms with E-state index in [1.165, 1.54) is 11.3 Å². The number of methoxy groups -OCH3 is 2. The number of nitrogens with zero attached hydrogens (tertiary/aromatic N) is 2. The Bertz CT molecular complexity index is 501. The summed E-state index contributed by atoms with van der Waals surface area (Å²) in [6, 6.07) is 1.95. The lowest BCUT2D eigenvalue weighted by molar-refractivity contribution is -0.0914. The van der Waals surface area contributed by atoms with Gasteiger partial charge in [0.25, 0.3) is 0 Å². The van der Waals surface area contributed by atoms with Gasteiger partial charge in [0.05, 0.1) is 11.9 Å². The molecule has 0 amide bonds. The molecular formula is C10H12ClN3O2S. The van der Waals surface area contributed by atoms with Crippen LogP contribution >= 0.6 is 22.9 Å². The van der Waals surface area contributed by atoms with Gasteiger partial charge in [-0.3, -0.25) is 0 Å². The maximum atomic E-state index is 5.85. The number of rotatable bonds is 5. The first-order valence-electron chi connectivity index (χ1n) is 4.94. The Labute approximate surface area is 108 Å². The molecule has 0 saturated heterocycles. The van der Waals surface area contributed by atoms with Gasteiger partial charge in [-0.15, -0.1) is 11.3 Å². The van der Waals surface area contributed by atoms with Crippen LogP contribution < -0.4 is 5.32 Å². The van der Waals surface area contributed by atoms with Crippen molar-refractivity contribution in [3.8, 4) is 0 Å². The first-order valence-corrected chi connectivity index (χ1v) is 6.20. The summed E-state index contributed by atoms with van der Waals surface area (Å²) >= 11 is 7.37. The quantitative estimate of drug-likeness (QED) is 0.670. The molecule has 2 heterocycles. The predicted molar refractivity (Wildman–Crippen MR) is 68.7 cm³/mol. The van der Waals surface area contributed by atoms with Crippen molar-refractivity contribution in [2.75, 3.05) is 26.1 Å². The minimum absolute atomic E-state index is 0.230. The number of thiophene rings is 1. The second-order valence-electron chi connectivity index (χ2n) is 3.26. The highest BCUT2D eigenvalue weighted by Crippen LogP contribution is 2.26. The largest absolute Gasteiger partial charge is 0.364 e. The van der Waals surface area contributed by atoms with Crippen molar-refractivity contribution < 1.29 is 9.47 Å². The first-order chi connectivity index (χ1) is 8.24. The zero-order valence-electron chi connectivity index (χ0n) is 9.44. The van der Waals surface area contributed by atoms with Crippen LogP contribution in [0.4, 0.5) is 5.82 Å². The molecule has 0 spiro atoms. The van der Waals surface area contributed by atoms with Crippen LogP contribution in [0, 0.1) is 0 Å². The summed E-state index contributed by atoms with van der Waals surface area (Å²) < 4.78 is 10.2. The standard InChI is InChI=1S/C10H12ClN3O2S/c1-15-7(16-2)5-12-8-6-3-4-17-9(6)14-10(11)13-8/h3-4,7H,5H2,1-2H3,(H,12,13,14).